The fourth-order valence-electron chi connectivity index (χ4n) is 3.02. The van der Waals surface area contributed by atoms with Gasteiger partial charge in [-0.1, -0.05) is 0 Å². The highest BCUT2D eigenvalue weighted by molar-refractivity contribution is 5.97. The van der Waals surface area contributed by atoms with Crippen LogP contribution in [0.1, 0.15) is 35.0 Å². The quantitative estimate of drug-likeness (QED) is 0.876. The van der Waals surface area contributed by atoms with Crippen LogP contribution in [-0.2, 0) is 4.79 Å². The molecule has 0 bridgehead atoms. The van der Waals surface area contributed by atoms with Crippen LogP contribution in [0.15, 0.2) is 47.1 Å². The lowest BCUT2D eigenvalue weighted by Crippen LogP contribution is -2.34. The summed E-state index contributed by atoms with van der Waals surface area (Å²) in [5.41, 5.74) is 1.42. The molecule has 0 saturated carbocycles. The second kappa shape index (κ2) is 7.53. The molecule has 0 spiro atoms. The largest absolute Gasteiger partial charge is 0.468 e. The minimum absolute atomic E-state index is 0.0274. The molecular formula is C19H23N3O3. The Bertz CT molecular complexity index is 723. The standard InChI is InChI=1S/C19H23N3O3/c1-21(2)16(17-5-4-12-25-17)13-20-19(24)14-7-9-15(10-8-14)22-11-3-6-18(22)23/h4-5,7-10,12,16H,3,6,11,13H2,1-2H3,(H,20,24)/t16-/m0/s1. The van der Waals surface area contributed by atoms with Crippen molar-refractivity contribution in [2.24, 2.45) is 0 Å². The summed E-state index contributed by atoms with van der Waals surface area (Å²) in [4.78, 5) is 27.9. The summed E-state index contributed by atoms with van der Waals surface area (Å²) in [6, 6.07) is 10.9. The maximum Gasteiger partial charge on any atom is 0.251 e. The van der Waals surface area contributed by atoms with Gasteiger partial charge in [-0.3, -0.25) is 14.5 Å². The van der Waals surface area contributed by atoms with E-state index in [-0.39, 0.29) is 17.9 Å². The van der Waals surface area contributed by atoms with E-state index in [1.165, 1.54) is 0 Å². The van der Waals surface area contributed by atoms with Gasteiger partial charge in [0.1, 0.15) is 5.76 Å². The van der Waals surface area contributed by atoms with Crippen molar-refractivity contribution in [2.45, 2.75) is 18.9 Å². The highest BCUT2D eigenvalue weighted by Crippen LogP contribution is 2.22. The van der Waals surface area contributed by atoms with Gasteiger partial charge in [-0.2, -0.15) is 0 Å². The Morgan fingerprint density at radius 2 is 2.04 bits per heavy atom. The first-order valence-electron chi connectivity index (χ1n) is 8.44. The maximum absolute atomic E-state index is 12.4. The summed E-state index contributed by atoms with van der Waals surface area (Å²) < 4.78 is 5.45. The van der Waals surface area contributed by atoms with Crippen molar-refractivity contribution in [3.63, 3.8) is 0 Å². The van der Waals surface area contributed by atoms with E-state index < -0.39 is 0 Å². The van der Waals surface area contributed by atoms with Crippen molar-refractivity contribution >= 4 is 17.5 Å². The summed E-state index contributed by atoms with van der Waals surface area (Å²) in [6.45, 7) is 1.20. The lowest BCUT2D eigenvalue weighted by atomic mass is 10.1. The predicted octanol–water partition coefficient (Wildman–Crippen LogP) is 2.44. The number of benzene rings is 1. The highest BCUT2D eigenvalue weighted by atomic mass is 16.3. The van der Waals surface area contributed by atoms with Gasteiger partial charge < -0.3 is 14.6 Å². The minimum atomic E-state index is -0.141. The van der Waals surface area contributed by atoms with Crippen LogP contribution in [0.25, 0.3) is 0 Å². The topological polar surface area (TPSA) is 65.8 Å². The molecule has 2 aromatic rings. The summed E-state index contributed by atoms with van der Waals surface area (Å²) in [6.07, 6.45) is 3.12. The first-order valence-corrected chi connectivity index (χ1v) is 8.44. The van der Waals surface area contributed by atoms with Crippen LogP contribution in [0.5, 0.6) is 0 Å². The average Bonchev–Trinajstić information content (AvgIpc) is 3.26. The first-order chi connectivity index (χ1) is 12.1. The van der Waals surface area contributed by atoms with Gasteiger partial charge in [-0.05, 0) is 56.9 Å². The molecule has 0 unspecified atom stereocenters. The zero-order chi connectivity index (χ0) is 17.8. The summed E-state index contributed by atoms with van der Waals surface area (Å²) in [7, 11) is 3.89. The average molecular weight is 341 g/mol. The van der Waals surface area contributed by atoms with E-state index in [0.717, 1.165) is 24.4 Å². The Kier molecular flexibility index (Phi) is 5.19. The molecule has 3 rings (SSSR count). The molecule has 0 aliphatic carbocycles. The van der Waals surface area contributed by atoms with E-state index in [9.17, 15) is 9.59 Å². The highest BCUT2D eigenvalue weighted by Gasteiger charge is 2.22. The Labute approximate surface area is 147 Å². The van der Waals surface area contributed by atoms with Gasteiger partial charge in [0, 0.05) is 30.8 Å². The Hall–Kier alpha value is -2.60. The molecule has 6 heteroatoms. The third-order valence-electron chi connectivity index (χ3n) is 4.47. The number of hydrogen-bond acceptors (Lipinski definition) is 4. The SMILES string of the molecule is CN(C)[C@@H](CNC(=O)c1ccc(N2CCCC2=O)cc1)c1ccco1. The van der Waals surface area contributed by atoms with Crippen LogP contribution in [-0.4, -0.2) is 43.9 Å². The summed E-state index contributed by atoms with van der Waals surface area (Å²) >= 11 is 0. The lowest BCUT2D eigenvalue weighted by Gasteiger charge is -2.22. The zero-order valence-corrected chi connectivity index (χ0v) is 14.6. The zero-order valence-electron chi connectivity index (χ0n) is 14.6. The molecule has 6 nitrogen and oxygen atoms in total. The van der Waals surface area contributed by atoms with E-state index in [4.69, 9.17) is 4.42 Å². The van der Waals surface area contributed by atoms with Crippen LogP contribution in [0, 0.1) is 0 Å². The molecule has 1 aliphatic heterocycles. The summed E-state index contributed by atoms with van der Waals surface area (Å²) in [5, 5.41) is 2.95. The van der Waals surface area contributed by atoms with E-state index >= 15 is 0 Å². The van der Waals surface area contributed by atoms with E-state index in [2.05, 4.69) is 5.32 Å². The number of carbonyl (C=O) groups is 2. The van der Waals surface area contributed by atoms with E-state index in [1.807, 2.05) is 43.3 Å². The van der Waals surface area contributed by atoms with Crippen molar-refractivity contribution in [1.29, 1.82) is 0 Å². The maximum atomic E-state index is 12.4. The number of amides is 2. The fourth-order valence-corrected chi connectivity index (χ4v) is 3.02. The number of nitrogens with one attached hydrogen (secondary N) is 1. The molecule has 1 N–H and O–H groups in total. The molecule has 1 fully saturated rings. The number of anilines is 1. The van der Waals surface area contributed by atoms with Crippen LogP contribution in [0.3, 0.4) is 0 Å². The second-order valence-electron chi connectivity index (χ2n) is 6.40. The number of carbonyl (C=O) groups excluding carboxylic acids is 2. The molecule has 1 aromatic carbocycles. The number of rotatable bonds is 6. The third kappa shape index (κ3) is 3.91. The minimum Gasteiger partial charge on any atom is -0.468 e. The van der Waals surface area contributed by atoms with Gasteiger partial charge in [-0.25, -0.2) is 0 Å². The molecule has 1 aromatic heterocycles. The van der Waals surface area contributed by atoms with Gasteiger partial charge in [-0.15, -0.1) is 0 Å². The molecule has 25 heavy (non-hydrogen) atoms. The van der Waals surface area contributed by atoms with Gasteiger partial charge in [0.2, 0.25) is 5.91 Å². The van der Waals surface area contributed by atoms with Crippen LogP contribution in [0.2, 0.25) is 0 Å². The van der Waals surface area contributed by atoms with Crippen molar-refractivity contribution in [1.82, 2.24) is 10.2 Å². The molecule has 1 saturated heterocycles. The van der Waals surface area contributed by atoms with Gasteiger partial charge in [0.05, 0.1) is 12.3 Å². The second-order valence-corrected chi connectivity index (χ2v) is 6.40. The monoisotopic (exact) mass is 341 g/mol. The fraction of sp³-hybridized carbons (Fsp3) is 0.368. The van der Waals surface area contributed by atoms with E-state index in [1.54, 1.807) is 23.3 Å². The number of furan rings is 1. The molecule has 0 radical (unpaired) electrons. The Morgan fingerprint density at radius 1 is 1.28 bits per heavy atom. The molecule has 132 valence electrons. The van der Waals surface area contributed by atoms with Gasteiger partial charge in [0.25, 0.3) is 5.91 Å². The number of nitrogens with zero attached hydrogens (tertiary/aromatic N) is 2. The molecule has 1 aliphatic rings. The van der Waals surface area contributed by atoms with Crippen molar-refractivity contribution in [3.8, 4) is 0 Å². The van der Waals surface area contributed by atoms with Crippen LogP contribution < -0.4 is 10.2 Å². The van der Waals surface area contributed by atoms with Gasteiger partial charge in [0.15, 0.2) is 0 Å². The molecular weight excluding hydrogens is 318 g/mol. The van der Waals surface area contributed by atoms with Gasteiger partial charge >= 0.3 is 0 Å². The molecule has 2 amide bonds. The lowest BCUT2D eigenvalue weighted by molar-refractivity contribution is -0.117. The smallest absolute Gasteiger partial charge is 0.251 e. The summed E-state index contributed by atoms with van der Waals surface area (Å²) in [5.74, 6) is 0.815. The normalized spacial score (nSPS) is 15.6. The number of hydrogen-bond donors (Lipinski definition) is 1. The van der Waals surface area contributed by atoms with Crippen LogP contribution >= 0.6 is 0 Å². The van der Waals surface area contributed by atoms with E-state index in [0.29, 0.717) is 18.5 Å². The van der Waals surface area contributed by atoms with Crippen molar-refractivity contribution in [2.75, 3.05) is 32.1 Å². The third-order valence-corrected chi connectivity index (χ3v) is 4.47. The Balaban J connectivity index is 1.62. The van der Waals surface area contributed by atoms with Crippen molar-refractivity contribution < 1.29 is 14.0 Å². The molecule has 1 atom stereocenters. The predicted molar refractivity (Wildman–Crippen MR) is 95.5 cm³/mol. The van der Waals surface area contributed by atoms with Crippen LogP contribution in [0.4, 0.5) is 5.69 Å². The first kappa shape index (κ1) is 17.2. The number of likely N-dealkylation sites (N-methyl/N-ethyl adjacent to an activating group) is 1. The van der Waals surface area contributed by atoms with Crippen molar-refractivity contribution in [3.05, 3.63) is 54.0 Å². The molecule has 2 heterocycles. The Morgan fingerprint density at radius 3 is 2.60 bits per heavy atom.